The van der Waals surface area contributed by atoms with E-state index in [1.165, 1.54) is 10.7 Å². The lowest BCUT2D eigenvalue weighted by molar-refractivity contribution is 0.145. The molecule has 6 N–H and O–H groups in total. The molecule has 0 bridgehead atoms. The van der Waals surface area contributed by atoms with Crippen molar-refractivity contribution in [1.82, 2.24) is 24.3 Å². The van der Waals surface area contributed by atoms with E-state index in [0.717, 1.165) is 11.2 Å². The van der Waals surface area contributed by atoms with E-state index in [1.54, 1.807) is 56.0 Å². The zero-order chi connectivity index (χ0) is 25.3. The maximum Gasteiger partial charge on any atom is 0.282 e. The van der Waals surface area contributed by atoms with Gasteiger partial charge in [0, 0.05) is 22.6 Å². The van der Waals surface area contributed by atoms with Gasteiger partial charge in [-0.3, -0.25) is 4.57 Å². The Labute approximate surface area is 200 Å². The number of imidazole rings is 1. The molecule has 3 heterocycles. The zero-order valence-electron chi connectivity index (χ0n) is 19.4. The second-order valence-corrected chi connectivity index (χ2v) is 8.16. The molecule has 4 rings (SSSR count). The Morgan fingerprint density at radius 2 is 1.91 bits per heavy atom. The van der Waals surface area contributed by atoms with E-state index >= 15 is 0 Å². The van der Waals surface area contributed by atoms with Crippen LogP contribution in [-0.2, 0) is 0 Å². The lowest BCUT2D eigenvalue weighted by Gasteiger charge is -2.15. The number of aliphatic hydroxyl groups is 1. The summed E-state index contributed by atoms with van der Waals surface area (Å²) in [6.07, 6.45) is 1.36. The van der Waals surface area contributed by atoms with Crippen molar-refractivity contribution in [3.05, 3.63) is 83.3 Å². The molecule has 1 atom stereocenters. The van der Waals surface area contributed by atoms with Gasteiger partial charge in [0.2, 0.25) is 0 Å². The third-order valence-electron chi connectivity index (χ3n) is 5.28. The van der Waals surface area contributed by atoms with Gasteiger partial charge < -0.3 is 21.9 Å². The van der Waals surface area contributed by atoms with Crippen LogP contribution < -0.4 is 16.8 Å². The van der Waals surface area contributed by atoms with Crippen molar-refractivity contribution in [1.29, 1.82) is 0 Å². The average molecular weight is 481 g/mol. The average Bonchev–Trinajstić information content (AvgIpc) is 3.40. The molecule has 0 saturated heterocycles. The van der Waals surface area contributed by atoms with Gasteiger partial charge in [-0.1, -0.05) is 0 Å². The van der Waals surface area contributed by atoms with Crippen LogP contribution in [0.1, 0.15) is 43.3 Å². The monoisotopic (exact) mass is 480 g/mol. The fraction of sp³-hybridized carbons (Fsp3) is 0.208. The van der Waals surface area contributed by atoms with Gasteiger partial charge in [0.05, 0.1) is 17.1 Å². The van der Waals surface area contributed by atoms with Crippen molar-refractivity contribution >= 4 is 16.7 Å². The minimum atomic E-state index is -2.72. The summed E-state index contributed by atoms with van der Waals surface area (Å²) < 4.78 is 29.6. The molecule has 0 fully saturated rings. The molecule has 0 spiro atoms. The number of allylic oxidation sites excluding steroid dienone is 3. The van der Waals surface area contributed by atoms with E-state index in [-0.39, 0.29) is 11.5 Å². The fourth-order valence-corrected chi connectivity index (χ4v) is 3.60. The number of aromatic nitrogens is 5. The first-order chi connectivity index (χ1) is 16.6. The van der Waals surface area contributed by atoms with Gasteiger partial charge in [-0.05, 0) is 69.3 Å². The number of hydrogen-bond donors (Lipinski definition) is 4. The number of pyridine rings is 1. The van der Waals surface area contributed by atoms with E-state index in [9.17, 15) is 13.9 Å². The van der Waals surface area contributed by atoms with E-state index in [1.807, 2.05) is 18.2 Å². The Morgan fingerprint density at radius 3 is 2.57 bits per heavy atom. The Morgan fingerprint density at radius 1 is 1.14 bits per heavy atom. The molecular weight excluding hydrogens is 454 g/mol. The van der Waals surface area contributed by atoms with Crippen LogP contribution in [0.5, 0.6) is 0 Å². The highest BCUT2D eigenvalue weighted by molar-refractivity contribution is 5.81. The first-order valence-corrected chi connectivity index (χ1v) is 10.8. The van der Waals surface area contributed by atoms with Crippen molar-refractivity contribution < 1.29 is 13.9 Å². The predicted molar refractivity (Wildman–Crippen MR) is 130 cm³/mol. The number of nitrogens with zero attached hydrogens (tertiary/aromatic N) is 5. The molecule has 9 nitrogen and oxygen atoms in total. The number of fused-ring (bicyclic) bond motifs is 1. The van der Waals surface area contributed by atoms with E-state index in [2.05, 4.69) is 20.4 Å². The SMILES string of the molecule is C/C(N)=C/C=C(\N)Nc1ccc2ncn(-c3ccc(C(C)O)c(-n4nc(C(F)F)cc4C)n3)c2c1. The van der Waals surface area contributed by atoms with E-state index in [0.29, 0.717) is 34.1 Å². The molecule has 3 aromatic heterocycles. The number of benzene rings is 1. The Hall–Kier alpha value is -4.25. The maximum atomic E-state index is 13.2. The summed E-state index contributed by atoms with van der Waals surface area (Å²) in [4.78, 5) is 9.10. The summed E-state index contributed by atoms with van der Waals surface area (Å²) in [5.74, 6) is 1.14. The number of hydrogen-bond acceptors (Lipinski definition) is 7. The topological polar surface area (TPSA) is 133 Å². The molecule has 1 unspecified atom stereocenters. The summed E-state index contributed by atoms with van der Waals surface area (Å²) in [6, 6.07) is 10.3. The van der Waals surface area contributed by atoms with Crippen LogP contribution in [-0.4, -0.2) is 29.4 Å². The summed E-state index contributed by atoms with van der Waals surface area (Å²) in [5, 5.41) is 17.4. The van der Waals surface area contributed by atoms with Gasteiger partial charge in [0.1, 0.15) is 23.7 Å². The number of alkyl halides is 2. The van der Waals surface area contributed by atoms with Crippen LogP contribution in [0.3, 0.4) is 0 Å². The van der Waals surface area contributed by atoms with Gasteiger partial charge in [0.15, 0.2) is 5.82 Å². The maximum absolute atomic E-state index is 13.2. The number of anilines is 1. The third kappa shape index (κ3) is 4.99. The molecule has 11 heteroatoms. The predicted octanol–water partition coefficient (Wildman–Crippen LogP) is 3.98. The second-order valence-electron chi connectivity index (χ2n) is 8.16. The molecule has 0 aliphatic rings. The second kappa shape index (κ2) is 9.55. The number of halogens is 2. The highest BCUT2D eigenvalue weighted by Gasteiger charge is 2.20. The minimum absolute atomic E-state index is 0.258. The van der Waals surface area contributed by atoms with Crippen LogP contribution in [0.2, 0.25) is 0 Å². The standard InChI is InChI=1S/C24H26F2N8O/c1-13(27)4-8-21(28)30-16-5-7-18-20(11-16)33(12-29-18)22-9-6-17(15(3)35)24(31-22)34-14(2)10-19(32-34)23(25)26/h4-12,15,23,30,35H,27-28H2,1-3H3/b13-4-,21-8+. The van der Waals surface area contributed by atoms with Gasteiger partial charge in [0.25, 0.3) is 6.43 Å². The molecule has 182 valence electrons. The van der Waals surface area contributed by atoms with Crippen LogP contribution >= 0.6 is 0 Å². The summed E-state index contributed by atoms with van der Waals surface area (Å²) in [7, 11) is 0. The number of aryl methyl sites for hydroxylation is 1. The molecule has 0 saturated carbocycles. The molecule has 0 amide bonds. The quantitative estimate of drug-likeness (QED) is 0.294. The van der Waals surface area contributed by atoms with E-state index < -0.39 is 12.5 Å². The molecule has 0 radical (unpaired) electrons. The Balaban J connectivity index is 1.79. The number of rotatable bonds is 7. The van der Waals surface area contributed by atoms with Crippen molar-refractivity contribution in [2.75, 3.05) is 5.32 Å². The van der Waals surface area contributed by atoms with E-state index in [4.69, 9.17) is 11.5 Å². The van der Waals surface area contributed by atoms with Crippen molar-refractivity contribution in [2.45, 2.75) is 33.3 Å². The van der Waals surface area contributed by atoms with Crippen LogP contribution in [0, 0.1) is 6.92 Å². The van der Waals surface area contributed by atoms with Gasteiger partial charge >= 0.3 is 0 Å². The zero-order valence-corrected chi connectivity index (χ0v) is 19.4. The lowest BCUT2D eigenvalue weighted by Crippen LogP contribution is -2.11. The summed E-state index contributed by atoms with van der Waals surface area (Å²) in [6.45, 7) is 5.00. The smallest absolute Gasteiger partial charge is 0.282 e. The van der Waals surface area contributed by atoms with Crippen molar-refractivity contribution in [3.8, 4) is 11.6 Å². The molecule has 35 heavy (non-hydrogen) atoms. The first kappa shape index (κ1) is 23.9. The highest BCUT2D eigenvalue weighted by atomic mass is 19.3. The Bertz CT molecular complexity index is 1430. The third-order valence-corrected chi connectivity index (χ3v) is 5.28. The largest absolute Gasteiger partial charge is 0.402 e. The molecule has 4 aromatic rings. The Kier molecular flexibility index (Phi) is 6.52. The van der Waals surface area contributed by atoms with Gasteiger partial charge in [-0.2, -0.15) is 5.10 Å². The van der Waals surface area contributed by atoms with Crippen LogP contribution in [0.15, 0.2) is 66.4 Å². The first-order valence-electron chi connectivity index (χ1n) is 10.8. The highest BCUT2D eigenvalue weighted by Crippen LogP contribution is 2.27. The summed E-state index contributed by atoms with van der Waals surface area (Å²) in [5.41, 5.74) is 15.0. The van der Waals surface area contributed by atoms with Gasteiger partial charge in [-0.25, -0.2) is 23.4 Å². The fourth-order valence-electron chi connectivity index (χ4n) is 3.60. The van der Waals surface area contributed by atoms with Crippen LogP contribution in [0.4, 0.5) is 14.5 Å². The molecule has 0 aliphatic heterocycles. The molecule has 0 aliphatic carbocycles. The van der Waals surface area contributed by atoms with Gasteiger partial charge in [-0.15, -0.1) is 0 Å². The number of aliphatic hydroxyl groups excluding tert-OH is 1. The number of nitrogens with one attached hydrogen (secondary N) is 1. The minimum Gasteiger partial charge on any atom is -0.402 e. The van der Waals surface area contributed by atoms with Crippen molar-refractivity contribution in [2.24, 2.45) is 11.5 Å². The van der Waals surface area contributed by atoms with Crippen LogP contribution in [0.25, 0.3) is 22.7 Å². The summed E-state index contributed by atoms with van der Waals surface area (Å²) >= 11 is 0. The number of nitrogens with two attached hydrogens (primary N) is 2. The van der Waals surface area contributed by atoms with Crippen molar-refractivity contribution in [3.63, 3.8) is 0 Å². The molecular formula is C24H26F2N8O. The lowest BCUT2D eigenvalue weighted by atomic mass is 10.1. The normalized spacial score (nSPS) is 13.6. The molecule has 1 aromatic carbocycles.